The van der Waals surface area contributed by atoms with Crippen molar-refractivity contribution in [2.45, 2.75) is 26.0 Å². The number of ether oxygens (including phenoxy) is 1. The lowest BCUT2D eigenvalue weighted by molar-refractivity contribution is -0.133. The second-order valence-electron chi connectivity index (χ2n) is 4.05. The zero-order chi connectivity index (χ0) is 12.3. The van der Waals surface area contributed by atoms with Crippen molar-refractivity contribution >= 4 is 11.7 Å². The first-order valence-electron chi connectivity index (χ1n) is 5.00. The number of hydrogen-bond acceptors (Lipinski definition) is 4. The predicted octanol–water partition coefficient (Wildman–Crippen LogP) is 0.242. The highest BCUT2D eigenvalue weighted by Crippen LogP contribution is 2.15. The van der Waals surface area contributed by atoms with Gasteiger partial charge in [-0.3, -0.25) is 9.48 Å². The molecule has 1 aromatic rings. The second kappa shape index (κ2) is 4.63. The Hall–Kier alpha value is -1.40. The van der Waals surface area contributed by atoms with Gasteiger partial charge in [0.05, 0.1) is 0 Å². The van der Waals surface area contributed by atoms with Crippen LogP contribution in [-0.2, 0) is 23.1 Å². The standard InChI is InChI=1S/C10H18N4O2/c1-10(2,16-4)9(15)12-8-7(5-11)6-14(3)13-8/h6H,5,11H2,1-4H3,(H,12,13,15). The van der Waals surface area contributed by atoms with Crippen molar-refractivity contribution in [3.63, 3.8) is 0 Å². The summed E-state index contributed by atoms with van der Waals surface area (Å²) in [7, 11) is 3.26. The Kier molecular flexibility index (Phi) is 3.66. The minimum Gasteiger partial charge on any atom is -0.369 e. The molecule has 1 amide bonds. The summed E-state index contributed by atoms with van der Waals surface area (Å²) >= 11 is 0. The first-order valence-corrected chi connectivity index (χ1v) is 5.00. The second-order valence-corrected chi connectivity index (χ2v) is 4.05. The SMILES string of the molecule is COC(C)(C)C(=O)Nc1nn(C)cc1CN. The third-order valence-electron chi connectivity index (χ3n) is 2.41. The number of amides is 1. The molecule has 16 heavy (non-hydrogen) atoms. The summed E-state index contributed by atoms with van der Waals surface area (Å²) < 4.78 is 6.68. The zero-order valence-corrected chi connectivity index (χ0v) is 10.1. The van der Waals surface area contributed by atoms with E-state index in [1.54, 1.807) is 31.8 Å². The number of carbonyl (C=O) groups is 1. The Morgan fingerprint density at radius 2 is 2.31 bits per heavy atom. The van der Waals surface area contributed by atoms with E-state index in [-0.39, 0.29) is 5.91 Å². The lowest BCUT2D eigenvalue weighted by Gasteiger charge is -2.21. The topological polar surface area (TPSA) is 82.2 Å². The number of aryl methyl sites for hydroxylation is 1. The van der Waals surface area contributed by atoms with Crippen LogP contribution in [0.2, 0.25) is 0 Å². The van der Waals surface area contributed by atoms with Crippen LogP contribution in [0, 0.1) is 0 Å². The highest BCUT2D eigenvalue weighted by Gasteiger charge is 2.28. The molecule has 0 fully saturated rings. The smallest absolute Gasteiger partial charge is 0.257 e. The monoisotopic (exact) mass is 226 g/mol. The highest BCUT2D eigenvalue weighted by molar-refractivity contribution is 5.96. The van der Waals surface area contributed by atoms with Crippen LogP contribution >= 0.6 is 0 Å². The normalized spacial score (nSPS) is 11.6. The Bertz CT molecular complexity index is 384. The van der Waals surface area contributed by atoms with Gasteiger partial charge in [0.15, 0.2) is 5.82 Å². The van der Waals surface area contributed by atoms with Crippen molar-refractivity contribution in [1.82, 2.24) is 9.78 Å². The van der Waals surface area contributed by atoms with Crippen molar-refractivity contribution < 1.29 is 9.53 Å². The summed E-state index contributed by atoms with van der Waals surface area (Å²) in [5.74, 6) is 0.239. The first kappa shape index (κ1) is 12.7. The summed E-state index contributed by atoms with van der Waals surface area (Å²) in [5, 5.41) is 6.82. The molecule has 0 atom stereocenters. The van der Waals surface area contributed by atoms with Gasteiger partial charge in [-0.25, -0.2) is 0 Å². The quantitative estimate of drug-likeness (QED) is 0.770. The van der Waals surface area contributed by atoms with Crippen LogP contribution in [0.15, 0.2) is 6.20 Å². The largest absolute Gasteiger partial charge is 0.369 e. The molecule has 0 aliphatic rings. The van der Waals surface area contributed by atoms with Crippen molar-refractivity contribution in [3.05, 3.63) is 11.8 Å². The van der Waals surface area contributed by atoms with Crippen LogP contribution < -0.4 is 11.1 Å². The summed E-state index contributed by atoms with van der Waals surface area (Å²) in [6.07, 6.45) is 1.77. The van der Waals surface area contributed by atoms with Crippen molar-refractivity contribution in [2.75, 3.05) is 12.4 Å². The number of methoxy groups -OCH3 is 1. The Balaban J connectivity index is 2.84. The van der Waals surface area contributed by atoms with E-state index in [1.807, 2.05) is 0 Å². The van der Waals surface area contributed by atoms with Gasteiger partial charge in [-0.1, -0.05) is 0 Å². The molecule has 0 saturated carbocycles. The number of rotatable bonds is 4. The minimum absolute atomic E-state index is 0.247. The fourth-order valence-corrected chi connectivity index (χ4v) is 1.14. The van der Waals surface area contributed by atoms with Gasteiger partial charge in [0.25, 0.3) is 5.91 Å². The number of nitrogens with two attached hydrogens (primary N) is 1. The van der Waals surface area contributed by atoms with Gasteiger partial charge in [-0.2, -0.15) is 5.10 Å². The Labute approximate surface area is 94.8 Å². The lowest BCUT2D eigenvalue weighted by atomic mass is 10.1. The third-order valence-corrected chi connectivity index (χ3v) is 2.41. The number of nitrogens with one attached hydrogen (secondary N) is 1. The van der Waals surface area contributed by atoms with Gasteiger partial charge in [0.1, 0.15) is 5.60 Å². The van der Waals surface area contributed by atoms with Crippen LogP contribution in [0.25, 0.3) is 0 Å². The van der Waals surface area contributed by atoms with Crippen molar-refractivity contribution in [1.29, 1.82) is 0 Å². The van der Waals surface area contributed by atoms with Crippen LogP contribution in [0.1, 0.15) is 19.4 Å². The fourth-order valence-electron chi connectivity index (χ4n) is 1.14. The number of hydrogen-bond donors (Lipinski definition) is 2. The number of carbonyl (C=O) groups excluding carboxylic acids is 1. The molecule has 6 heteroatoms. The van der Waals surface area contributed by atoms with E-state index in [2.05, 4.69) is 10.4 Å². The fraction of sp³-hybridized carbons (Fsp3) is 0.600. The Morgan fingerprint density at radius 3 is 2.81 bits per heavy atom. The summed E-state index contributed by atoms with van der Waals surface area (Å²) in [6, 6.07) is 0. The molecule has 1 heterocycles. The van der Waals surface area contributed by atoms with E-state index >= 15 is 0 Å². The molecule has 0 bridgehead atoms. The molecule has 0 spiro atoms. The van der Waals surface area contributed by atoms with Crippen molar-refractivity contribution in [2.24, 2.45) is 12.8 Å². The maximum Gasteiger partial charge on any atom is 0.257 e. The average molecular weight is 226 g/mol. The molecule has 90 valence electrons. The molecule has 0 aliphatic heterocycles. The molecule has 1 aromatic heterocycles. The third kappa shape index (κ3) is 2.59. The zero-order valence-electron chi connectivity index (χ0n) is 10.1. The van der Waals surface area contributed by atoms with Gasteiger partial charge in [0, 0.05) is 32.5 Å². The molecule has 0 saturated heterocycles. The first-order chi connectivity index (χ1) is 7.40. The van der Waals surface area contributed by atoms with Crippen LogP contribution in [-0.4, -0.2) is 28.4 Å². The maximum atomic E-state index is 11.8. The molecule has 3 N–H and O–H groups in total. The van der Waals surface area contributed by atoms with Gasteiger partial charge in [0.2, 0.25) is 0 Å². The Morgan fingerprint density at radius 1 is 1.69 bits per heavy atom. The number of anilines is 1. The van der Waals surface area contributed by atoms with Crippen LogP contribution in [0.3, 0.4) is 0 Å². The van der Waals surface area contributed by atoms with E-state index in [4.69, 9.17) is 10.5 Å². The van der Waals surface area contributed by atoms with Gasteiger partial charge >= 0.3 is 0 Å². The molecule has 6 nitrogen and oxygen atoms in total. The molecule has 0 radical (unpaired) electrons. The average Bonchev–Trinajstić information content (AvgIpc) is 2.58. The van der Waals surface area contributed by atoms with E-state index in [0.717, 1.165) is 5.56 Å². The number of nitrogens with zero attached hydrogens (tertiary/aromatic N) is 2. The highest BCUT2D eigenvalue weighted by atomic mass is 16.5. The van der Waals surface area contributed by atoms with Crippen LogP contribution in [0.5, 0.6) is 0 Å². The summed E-state index contributed by atoms with van der Waals surface area (Å²) in [4.78, 5) is 11.8. The summed E-state index contributed by atoms with van der Waals surface area (Å²) in [6.45, 7) is 3.71. The molecular formula is C10H18N4O2. The van der Waals surface area contributed by atoms with Gasteiger partial charge < -0.3 is 15.8 Å². The maximum absolute atomic E-state index is 11.8. The van der Waals surface area contributed by atoms with E-state index in [0.29, 0.717) is 12.4 Å². The molecule has 1 rings (SSSR count). The van der Waals surface area contributed by atoms with E-state index in [9.17, 15) is 4.79 Å². The number of aromatic nitrogens is 2. The van der Waals surface area contributed by atoms with Gasteiger partial charge in [-0.05, 0) is 13.8 Å². The molecular weight excluding hydrogens is 208 g/mol. The molecule has 0 unspecified atom stereocenters. The van der Waals surface area contributed by atoms with E-state index < -0.39 is 5.60 Å². The van der Waals surface area contributed by atoms with Gasteiger partial charge in [-0.15, -0.1) is 0 Å². The minimum atomic E-state index is -0.886. The van der Waals surface area contributed by atoms with E-state index in [1.165, 1.54) is 7.11 Å². The van der Waals surface area contributed by atoms with Crippen LogP contribution in [0.4, 0.5) is 5.82 Å². The molecule has 0 aliphatic carbocycles. The van der Waals surface area contributed by atoms with Crippen molar-refractivity contribution in [3.8, 4) is 0 Å². The predicted molar refractivity (Wildman–Crippen MR) is 60.8 cm³/mol. The lowest BCUT2D eigenvalue weighted by Crippen LogP contribution is -2.39. The summed E-state index contributed by atoms with van der Waals surface area (Å²) in [5.41, 5.74) is 5.45. The molecule has 0 aromatic carbocycles.